The molecule has 48 heavy (non-hydrogen) atoms. The van der Waals surface area contributed by atoms with E-state index in [4.69, 9.17) is 4.42 Å². The van der Waals surface area contributed by atoms with Crippen molar-refractivity contribution in [3.8, 4) is 11.1 Å². The van der Waals surface area contributed by atoms with Gasteiger partial charge < -0.3 is 13.2 Å². The number of para-hydroxylation sites is 4. The smallest absolute Gasteiger partial charge is 0.162 e. The minimum atomic E-state index is 0.00716. The van der Waals surface area contributed by atoms with E-state index in [9.17, 15) is 0 Å². The lowest BCUT2D eigenvalue weighted by atomic mass is 9.79. The summed E-state index contributed by atoms with van der Waals surface area (Å²) < 4.78 is 14.9. The molecule has 0 spiro atoms. The summed E-state index contributed by atoms with van der Waals surface area (Å²) in [4.78, 5) is 0. The molecule has 0 fully saturated rings. The summed E-state index contributed by atoms with van der Waals surface area (Å²) in [5.41, 5.74) is 13.9. The van der Waals surface area contributed by atoms with Crippen molar-refractivity contribution in [2.45, 2.75) is 52.4 Å². The van der Waals surface area contributed by atoms with E-state index in [1.165, 1.54) is 69.7 Å². The van der Waals surface area contributed by atoms with Gasteiger partial charge in [0.15, 0.2) is 11.2 Å². The summed E-state index contributed by atoms with van der Waals surface area (Å²) in [5.74, 6) is 0. The summed E-state index contributed by atoms with van der Waals surface area (Å²) in [6.07, 6.45) is 0. The van der Waals surface area contributed by atoms with Crippen LogP contribution in [0.3, 0.4) is 0 Å². The fourth-order valence-electron chi connectivity index (χ4n) is 7.93. The number of rotatable bonds is 1. The Morgan fingerprint density at radius 3 is 1.75 bits per heavy atom. The molecule has 0 bridgehead atoms. The van der Waals surface area contributed by atoms with Crippen LogP contribution >= 0.6 is 11.3 Å². The monoisotopic (exact) mass is 640 g/mol. The molecule has 0 aliphatic carbocycles. The Hall–Kier alpha value is -5.06. The topological polar surface area (TPSA) is 22.0 Å². The van der Waals surface area contributed by atoms with Crippen LogP contribution < -0.4 is 0 Å². The van der Waals surface area contributed by atoms with Crippen molar-refractivity contribution >= 4 is 86.5 Å². The maximum atomic E-state index is 7.42. The maximum Gasteiger partial charge on any atom is 0.162 e. The predicted octanol–water partition coefficient (Wildman–Crippen LogP) is 13.0. The van der Waals surface area contributed by atoms with Gasteiger partial charge in [-0.2, -0.15) is 0 Å². The zero-order valence-electron chi connectivity index (χ0n) is 28.1. The third kappa shape index (κ3) is 3.64. The average molecular weight is 641 g/mol. The van der Waals surface area contributed by atoms with Crippen LogP contribution in [0.15, 0.2) is 114 Å². The van der Waals surface area contributed by atoms with Gasteiger partial charge >= 0.3 is 0 Å². The minimum Gasteiger partial charge on any atom is -0.452 e. The second-order valence-corrected chi connectivity index (χ2v) is 16.5. The van der Waals surface area contributed by atoms with Crippen LogP contribution in [0.5, 0.6) is 0 Å². The van der Waals surface area contributed by atoms with Crippen LogP contribution in [0.4, 0.5) is 0 Å². The highest BCUT2D eigenvalue weighted by molar-refractivity contribution is 7.25. The molecule has 234 valence electrons. The van der Waals surface area contributed by atoms with E-state index in [1.807, 2.05) is 11.3 Å². The number of hydrogen-bond donors (Lipinski definition) is 0. The van der Waals surface area contributed by atoms with Gasteiger partial charge in [-0.15, -0.1) is 11.3 Å². The van der Waals surface area contributed by atoms with Crippen molar-refractivity contribution in [2.24, 2.45) is 0 Å². The van der Waals surface area contributed by atoms with Gasteiger partial charge in [0.05, 0.1) is 47.9 Å². The van der Waals surface area contributed by atoms with Crippen LogP contribution in [0, 0.1) is 0 Å². The SMILES string of the molecule is CC(C)(C)c1cc(-c2cccc3c2oc2c4c5ccccc5n5c6ccccc6sc(c6c7ccccc7n3c26)c45)cc(C(C)(C)C)c1. The largest absolute Gasteiger partial charge is 0.452 e. The van der Waals surface area contributed by atoms with Gasteiger partial charge in [-0.25, -0.2) is 0 Å². The Morgan fingerprint density at radius 1 is 0.521 bits per heavy atom. The molecule has 0 atom stereocenters. The van der Waals surface area contributed by atoms with Crippen LogP contribution in [-0.4, -0.2) is 8.80 Å². The number of fused-ring (bicyclic) bond motifs is 12. The van der Waals surface area contributed by atoms with Crippen LogP contribution in [0.1, 0.15) is 52.7 Å². The van der Waals surface area contributed by atoms with Gasteiger partial charge in [0.2, 0.25) is 0 Å². The van der Waals surface area contributed by atoms with Crippen molar-refractivity contribution in [3.63, 3.8) is 0 Å². The first kappa shape index (κ1) is 28.0. The standard InChI is InChI=1S/C44H36N2OS/c1-43(2,3)26-22-25(23-27(24-26)44(4,5)6)28-16-13-20-34-40(28)47-41-36-29-14-7-9-17-31(29)45-33-19-11-12-21-35(33)48-42(39(36)45)37-30-15-8-10-18-32(30)46(34)38(37)41/h7-24H,1-6H3. The fraction of sp³-hybridized carbons (Fsp3) is 0.182. The van der Waals surface area contributed by atoms with Crippen molar-refractivity contribution in [2.75, 3.05) is 0 Å². The first-order valence-electron chi connectivity index (χ1n) is 16.9. The van der Waals surface area contributed by atoms with E-state index in [2.05, 4.69) is 160 Å². The highest BCUT2D eigenvalue weighted by Gasteiger charge is 2.27. The molecule has 3 nitrogen and oxygen atoms in total. The normalized spacial score (nSPS) is 13.2. The molecule has 0 aliphatic heterocycles. The molecule has 4 aromatic heterocycles. The van der Waals surface area contributed by atoms with Gasteiger partial charge in [0, 0.05) is 21.7 Å². The van der Waals surface area contributed by atoms with Crippen molar-refractivity contribution < 1.29 is 4.42 Å². The second-order valence-electron chi connectivity index (χ2n) is 15.4. The summed E-state index contributed by atoms with van der Waals surface area (Å²) in [7, 11) is 0. The maximum absolute atomic E-state index is 7.42. The molecular weight excluding hydrogens is 605 g/mol. The van der Waals surface area contributed by atoms with E-state index >= 15 is 0 Å². The summed E-state index contributed by atoms with van der Waals surface area (Å²) in [5, 5.41) is 4.90. The zero-order chi connectivity index (χ0) is 32.7. The van der Waals surface area contributed by atoms with Crippen LogP contribution in [0.2, 0.25) is 0 Å². The van der Waals surface area contributed by atoms with Gasteiger partial charge in [0.25, 0.3) is 0 Å². The quantitative estimate of drug-likeness (QED) is 0.164. The summed E-state index contributed by atoms with van der Waals surface area (Å²) in [6, 6.07) is 40.3. The van der Waals surface area contributed by atoms with Crippen LogP contribution in [0.25, 0.3) is 86.3 Å². The molecule has 10 rings (SSSR count). The molecule has 0 unspecified atom stereocenters. The van der Waals surface area contributed by atoms with E-state index in [0.717, 1.165) is 27.8 Å². The molecular formula is C44H36N2OS. The Bertz CT molecular complexity index is 2930. The van der Waals surface area contributed by atoms with E-state index < -0.39 is 0 Å². The Balaban J connectivity index is 1.48. The molecule has 6 aromatic carbocycles. The first-order valence-corrected chi connectivity index (χ1v) is 17.7. The lowest BCUT2D eigenvalue weighted by Gasteiger charge is -2.26. The molecule has 10 aromatic rings. The molecule has 0 N–H and O–H groups in total. The Morgan fingerprint density at radius 2 is 1.08 bits per heavy atom. The number of nitrogens with zero attached hydrogens (tertiary/aromatic N) is 2. The fourth-order valence-corrected chi connectivity index (χ4v) is 9.16. The number of hydrogen-bond acceptors (Lipinski definition) is 2. The number of aromatic nitrogens is 2. The third-order valence-electron chi connectivity index (χ3n) is 10.4. The first-order chi connectivity index (χ1) is 23.1. The lowest BCUT2D eigenvalue weighted by Crippen LogP contribution is -2.16. The van der Waals surface area contributed by atoms with E-state index in [-0.39, 0.29) is 10.8 Å². The molecule has 0 amide bonds. The van der Waals surface area contributed by atoms with Gasteiger partial charge in [0.1, 0.15) is 0 Å². The molecule has 0 aliphatic rings. The summed E-state index contributed by atoms with van der Waals surface area (Å²) in [6.45, 7) is 13.8. The highest BCUT2D eigenvalue weighted by Crippen LogP contribution is 2.49. The molecule has 0 saturated heterocycles. The van der Waals surface area contributed by atoms with Crippen LogP contribution in [-0.2, 0) is 10.8 Å². The molecule has 4 heterocycles. The van der Waals surface area contributed by atoms with Gasteiger partial charge in [-0.1, -0.05) is 120 Å². The summed E-state index contributed by atoms with van der Waals surface area (Å²) >= 11 is 1.89. The Kier molecular flexibility index (Phi) is 5.42. The van der Waals surface area contributed by atoms with Crippen molar-refractivity contribution in [1.29, 1.82) is 0 Å². The average Bonchev–Trinajstić information content (AvgIpc) is 3.61. The third-order valence-corrected chi connectivity index (χ3v) is 11.5. The van der Waals surface area contributed by atoms with Crippen molar-refractivity contribution in [1.82, 2.24) is 8.80 Å². The molecule has 0 radical (unpaired) electrons. The second kappa shape index (κ2) is 9.30. The minimum absolute atomic E-state index is 0.00716. The van der Waals surface area contributed by atoms with Crippen molar-refractivity contribution in [3.05, 3.63) is 120 Å². The van der Waals surface area contributed by atoms with Gasteiger partial charge in [-0.05, 0) is 57.9 Å². The Labute approximate surface area is 282 Å². The van der Waals surface area contributed by atoms with Gasteiger partial charge in [-0.3, -0.25) is 0 Å². The molecule has 0 saturated carbocycles. The molecule has 4 heteroatoms. The number of benzene rings is 6. The zero-order valence-corrected chi connectivity index (χ0v) is 28.9. The van der Waals surface area contributed by atoms with E-state index in [0.29, 0.717) is 0 Å². The van der Waals surface area contributed by atoms with E-state index in [1.54, 1.807) is 0 Å². The predicted molar refractivity (Wildman–Crippen MR) is 206 cm³/mol. The lowest BCUT2D eigenvalue weighted by molar-refractivity contribution is 0.569. The highest BCUT2D eigenvalue weighted by atomic mass is 32.1.